The highest BCUT2D eigenvalue weighted by atomic mass is 32.1. The summed E-state index contributed by atoms with van der Waals surface area (Å²) in [5, 5.41) is 0. The molecule has 1 aromatic heterocycles. The lowest BCUT2D eigenvalue weighted by atomic mass is 10.1. The molecule has 0 fully saturated rings. The van der Waals surface area contributed by atoms with E-state index in [9.17, 15) is 4.79 Å². The van der Waals surface area contributed by atoms with E-state index in [0.29, 0.717) is 29.4 Å². The van der Waals surface area contributed by atoms with Crippen molar-refractivity contribution in [2.24, 2.45) is 11.7 Å². The van der Waals surface area contributed by atoms with E-state index >= 15 is 0 Å². The summed E-state index contributed by atoms with van der Waals surface area (Å²) in [5.74, 6) is 0.338. The maximum Gasteiger partial charge on any atom is 0.257 e. The molecule has 5 nitrogen and oxygen atoms in total. The number of thiocarbonyl (C=S) groups is 1. The Labute approximate surface area is 118 Å². The third kappa shape index (κ3) is 3.89. The second-order valence-electron chi connectivity index (χ2n) is 4.22. The van der Waals surface area contributed by atoms with Gasteiger partial charge < -0.3 is 15.4 Å². The van der Waals surface area contributed by atoms with Crippen molar-refractivity contribution in [1.29, 1.82) is 0 Å². The Hall–Kier alpha value is -1.69. The first-order chi connectivity index (χ1) is 9.01. The van der Waals surface area contributed by atoms with Crippen molar-refractivity contribution in [3.63, 3.8) is 0 Å². The fourth-order valence-corrected chi connectivity index (χ4v) is 1.74. The van der Waals surface area contributed by atoms with Crippen LogP contribution in [-0.4, -0.2) is 41.0 Å². The molecule has 0 spiro atoms. The van der Waals surface area contributed by atoms with E-state index in [4.69, 9.17) is 22.7 Å². The molecule has 6 heteroatoms. The molecular weight excluding hydrogens is 262 g/mol. The normalized spacial score (nSPS) is 11.7. The maximum atomic E-state index is 12.4. The average Bonchev–Trinajstić information content (AvgIpc) is 2.43. The average molecular weight is 281 g/mol. The first-order valence-corrected chi connectivity index (χ1v) is 6.48. The SMILES string of the molecule is CCN(CC(C)C(N)=S)C(=O)c1ccncc1OC. The molecule has 0 aliphatic rings. The van der Waals surface area contributed by atoms with Gasteiger partial charge >= 0.3 is 0 Å². The molecule has 0 saturated heterocycles. The number of hydrogen-bond donors (Lipinski definition) is 1. The summed E-state index contributed by atoms with van der Waals surface area (Å²) in [5.41, 5.74) is 6.09. The second kappa shape index (κ2) is 7.04. The summed E-state index contributed by atoms with van der Waals surface area (Å²) in [7, 11) is 1.52. The van der Waals surface area contributed by atoms with Gasteiger partial charge in [0.15, 0.2) is 0 Å². The predicted molar refractivity (Wildman–Crippen MR) is 78.3 cm³/mol. The minimum atomic E-state index is -0.107. The zero-order valence-electron chi connectivity index (χ0n) is 11.4. The highest BCUT2D eigenvalue weighted by Crippen LogP contribution is 2.18. The Morgan fingerprint density at radius 3 is 2.84 bits per heavy atom. The highest BCUT2D eigenvalue weighted by molar-refractivity contribution is 7.80. The standard InChI is InChI=1S/C13H19N3O2S/c1-4-16(8-9(2)12(14)19)13(17)10-5-6-15-7-11(10)18-3/h5-7,9H,4,8H2,1-3H3,(H2,14,19). The Morgan fingerprint density at radius 1 is 1.63 bits per heavy atom. The second-order valence-corrected chi connectivity index (χ2v) is 4.69. The summed E-state index contributed by atoms with van der Waals surface area (Å²) < 4.78 is 5.15. The van der Waals surface area contributed by atoms with E-state index in [1.165, 1.54) is 13.3 Å². The Kier molecular flexibility index (Phi) is 5.69. The first kappa shape index (κ1) is 15.4. The summed E-state index contributed by atoms with van der Waals surface area (Å²) >= 11 is 4.94. The number of nitrogens with two attached hydrogens (primary N) is 1. The molecule has 1 atom stereocenters. The van der Waals surface area contributed by atoms with Crippen molar-refractivity contribution in [3.8, 4) is 5.75 Å². The van der Waals surface area contributed by atoms with Crippen LogP contribution in [0.2, 0.25) is 0 Å². The van der Waals surface area contributed by atoms with Gasteiger partial charge in [0.2, 0.25) is 0 Å². The Balaban J connectivity index is 2.92. The number of nitrogens with zero attached hydrogens (tertiary/aromatic N) is 2. The quantitative estimate of drug-likeness (QED) is 0.800. The van der Waals surface area contributed by atoms with Crippen molar-refractivity contribution in [2.45, 2.75) is 13.8 Å². The number of amides is 1. The molecule has 1 heterocycles. The number of ether oxygens (including phenoxy) is 1. The van der Waals surface area contributed by atoms with Gasteiger partial charge in [-0.15, -0.1) is 0 Å². The Bertz CT molecular complexity index is 465. The Morgan fingerprint density at radius 2 is 2.32 bits per heavy atom. The zero-order valence-corrected chi connectivity index (χ0v) is 12.2. The zero-order chi connectivity index (χ0) is 14.4. The summed E-state index contributed by atoms with van der Waals surface area (Å²) in [6.45, 7) is 4.90. The summed E-state index contributed by atoms with van der Waals surface area (Å²) in [6.07, 6.45) is 3.10. The van der Waals surface area contributed by atoms with Crippen LogP contribution in [0.4, 0.5) is 0 Å². The van der Waals surface area contributed by atoms with Crippen LogP contribution in [0, 0.1) is 5.92 Å². The topological polar surface area (TPSA) is 68.5 Å². The van der Waals surface area contributed by atoms with Gasteiger partial charge in [-0.3, -0.25) is 9.78 Å². The molecule has 1 aromatic rings. The maximum absolute atomic E-state index is 12.4. The van der Waals surface area contributed by atoms with Crippen LogP contribution in [0.3, 0.4) is 0 Å². The van der Waals surface area contributed by atoms with Crippen LogP contribution in [-0.2, 0) is 0 Å². The highest BCUT2D eigenvalue weighted by Gasteiger charge is 2.20. The van der Waals surface area contributed by atoms with Gasteiger partial charge in [-0.25, -0.2) is 0 Å². The van der Waals surface area contributed by atoms with Gasteiger partial charge in [-0.2, -0.15) is 0 Å². The predicted octanol–water partition coefficient (Wildman–Crippen LogP) is 1.47. The van der Waals surface area contributed by atoms with Gasteiger partial charge in [0.25, 0.3) is 5.91 Å². The molecule has 2 N–H and O–H groups in total. The van der Waals surface area contributed by atoms with Crippen LogP contribution in [0.15, 0.2) is 18.5 Å². The fourth-order valence-electron chi connectivity index (χ4n) is 1.67. The molecule has 19 heavy (non-hydrogen) atoms. The van der Waals surface area contributed by atoms with E-state index in [1.54, 1.807) is 17.2 Å². The number of pyridine rings is 1. The molecule has 1 amide bonds. The monoisotopic (exact) mass is 281 g/mol. The number of methoxy groups -OCH3 is 1. The summed E-state index contributed by atoms with van der Waals surface area (Å²) in [4.78, 5) is 18.5. The number of carbonyl (C=O) groups excluding carboxylic acids is 1. The van der Waals surface area contributed by atoms with Crippen molar-refractivity contribution >= 4 is 23.1 Å². The molecule has 0 aliphatic carbocycles. The van der Waals surface area contributed by atoms with Crippen LogP contribution in [0.25, 0.3) is 0 Å². The number of hydrogen-bond acceptors (Lipinski definition) is 4. The van der Waals surface area contributed by atoms with E-state index < -0.39 is 0 Å². The molecule has 0 aliphatic heterocycles. The number of aromatic nitrogens is 1. The lowest BCUT2D eigenvalue weighted by molar-refractivity contribution is 0.0751. The number of carbonyl (C=O) groups is 1. The molecule has 0 bridgehead atoms. The lowest BCUT2D eigenvalue weighted by Gasteiger charge is -2.24. The molecule has 0 aromatic carbocycles. The van der Waals surface area contributed by atoms with Crippen molar-refractivity contribution in [2.75, 3.05) is 20.2 Å². The van der Waals surface area contributed by atoms with E-state index in [0.717, 1.165) is 0 Å². The van der Waals surface area contributed by atoms with Gasteiger partial charge in [0, 0.05) is 25.2 Å². The third-order valence-corrected chi connectivity index (χ3v) is 3.29. The van der Waals surface area contributed by atoms with Gasteiger partial charge in [0.1, 0.15) is 5.75 Å². The summed E-state index contributed by atoms with van der Waals surface area (Å²) in [6, 6.07) is 1.65. The van der Waals surface area contributed by atoms with Gasteiger partial charge in [0.05, 0.1) is 23.9 Å². The van der Waals surface area contributed by atoms with Crippen molar-refractivity contribution in [3.05, 3.63) is 24.0 Å². The molecule has 1 unspecified atom stereocenters. The minimum Gasteiger partial charge on any atom is -0.494 e. The van der Waals surface area contributed by atoms with Gasteiger partial charge in [-0.1, -0.05) is 19.1 Å². The van der Waals surface area contributed by atoms with E-state index in [-0.39, 0.29) is 11.8 Å². The molecule has 0 saturated carbocycles. The lowest BCUT2D eigenvalue weighted by Crippen LogP contribution is -2.38. The van der Waals surface area contributed by atoms with Gasteiger partial charge in [-0.05, 0) is 13.0 Å². The van der Waals surface area contributed by atoms with Crippen molar-refractivity contribution < 1.29 is 9.53 Å². The minimum absolute atomic E-state index is 0.0215. The van der Waals surface area contributed by atoms with Crippen molar-refractivity contribution in [1.82, 2.24) is 9.88 Å². The van der Waals surface area contributed by atoms with Crippen LogP contribution >= 0.6 is 12.2 Å². The van der Waals surface area contributed by atoms with E-state index in [1.807, 2.05) is 13.8 Å². The molecule has 0 radical (unpaired) electrons. The first-order valence-electron chi connectivity index (χ1n) is 6.07. The van der Waals surface area contributed by atoms with Crippen LogP contribution in [0.5, 0.6) is 5.75 Å². The van der Waals surface area contributed by atoms with Crippen LogP contribution < -0.4 is 10.5 Å². The number of rotatable bonds is 6. The molecule has 1 rings (SSSR count). The fraction of sp³-hybridized carbons (Fsp3) is 0.462. The smallest absolute Gasteiger partial charge is 0.257 e. The largest absolute Gasteiger partial charge is 0.494 e. The molecular formula is C13H19N3O2S. The van der Waals surface area contributed by atoms with Crippen LogP contribution in [0.1, 0.15) is 24.2 Å². The third-order valence-electron chi connectivity index (χ3n) is 2.88. The van der Waals surface area contributed by atoms with E-state index in [2.05, 4.69) is 4.98 Å². The molecule has 104 valence electrons.